The maximum Gasteiger partial charge on any atom is 0.167 e. The number of hydrogen-bond donors (Lipinski definition) is 0. The fraction of sp³-hybridized carbons (Fsp3) is 0.133. The lowest BCUT2D eigenvalue weighted by molar-refractivity contribution is 0.0992. The number of ketones is 1. The van der Waals surface area contributed by atoms with Crippen molar-refractivity contribution in [3.8, 4) is 0 Å². The van der Waals surface area contributed by atoms with Crippen molar-refractivity contribution in [2.24, 2.45) is 0 Å². The molecule has 0 saturated heterocycles. The Hall–Kier alpha value is -1.38. The number of carbonyl (C=O) groups excluding carboxylic acids is 1. The van der Waals surface area contributed by atoms with Gasteiger partial charge in [0.15, 0.2) is 5.78 Å². The maximum absolute atomic E-state index is 13.6. The van der Waals surface area contributed by atoms with Crippen molar-refractivity contribution in [1.82, 2.24) is 0 Å². The molecule has 2 aromatic rings. The summed E-state index contributed by atoms with van der Waals surface area (Å²) in [5.41, 5.74) is 1.63. The summed E-state index contributed by atoms with van der Waals surface area (Å²) < 4.78 is 13.6. The molecule has 0 aliphatic carbocycles. The molecule has 0 saturated carbocycles. The first-order valence-corrected chi connectivity index (χ1v) is 6.46. The van der Waals surface area contributed by atoms with Crippen LogP contribution in [0.15, 0.2) is 36.4 Å². The topological polar surface area (TPSA) is 17.1 Å². The predicted molar refractivity (Wildman–Crippen MR) is 75.6 cm³/mol. The molecule has 0 unspecified atom stereocenters. The Morgan fingerprint density at radius 3 is 2.58 bits per heavy atom. The average molecular weight is 297 g/mol. The maximum atomic E-state index is 13.6. The third-order valence-corrected chi connectivity index (χ3v) is 3.50. The van der Waals surface area contributed by atoms with E-state index in [4.69, 9.17) is 23.2 Å². The highest BCUT2D eigenvalue weighted by molar-refractivity contribution is 6.31. The molecular formula is C15H11Cl2FO. The third-order valence-electron chi connectivity index (χ3n) is 2.84. The quantitative estimate of drug-likeness (QED) is 0.739. The highest BCUT2D eigenvalue weighted by Gasteiger charge is 2.12. The number of rotatable bonds is 3. The van der Waals surface area contributed by atoms with Crippen LogP contribution >= 0.6 is 23.2 Å². The largest absolute Gasteiger partial charge is 0.294 e. The van der Waals surface area contributed by atoms with Crippen LogP contribution in [0.25, 0.3) is 0 Å². The monoisotopic (exact) mass is 296 g/mol. The molecule has 4 heteroatoms. The third kappa shape index (κ3) is 3.34. The first-order chi connectivity index (χ1) is 8.97. The molecule has 0 amide bonds. The van der Waals surface area contributed by atoms with E-state index in [9.17, 15) is 9.18 Å². The second-order valence-corrected chi connectivity index (χ2v) is 5.14. The Bertz CT molecular complexity index is 638. The lowest BCUT2D eigenvalue weighted by Crippen LogP contribution is -2.05. The summed E-state index contributed by atoms with van der Waals surface area (Å²) in [5.74, 6) is -0.593. The van der Waals surface area contributed by atoms with Crippen LogP contribution in [0.3, 0.4) is 0 Å². The lowest BCUT2D eigenvalue weighted by atomic mass is 10.0. The number of Topliss-reactive ketones (excluding diaryl/α,β-unsaturated/α-hetero) is 1. The number of carbonyl (C=O) groups is 1. The van der Waals surface area contributed by atoms with Crippen molar-refractivity contribution < 1.29 is 9.18 Å². The van der Waals surface area contributed by atoms with Crippen LogP contribution in [-0.4, -0.2) is 5.78 Å². The average Bonchev–Trinajstić information content (AvgIpc) is 2.37. The summed E-state index contributed by atoms with van der Waals surface area (Å²) in [7, 11) is 0. The van der Waals surface area contributed by atoms with Gasteiger partial charge < -0.3 is 0 Å². The van der Waals surface area contributed by atoms with Gasteiger partial charge in [-0.3, -0.25) is 4.79 Å². The second-order valence-electron chi connectivity index (χ2n) is 4.30. The van der Waals surface area contributed by atoms with Crippen LogP contribution in [0, 0.1) is 12.7 Å². The van der Waals surface area contributed by atoms with E-state index in [2.05, 4.69) is 0 Å². The summed E-state index contributed by atoms with van der Waals surface area (Å²) in [6.45, 7) is 1.82. The summed E-state index contributed by atoms with van der Waals surface area (Å²) in [4.78, 5) is 12.1. The summed E-state index contributed by atoms with van der Waals surface area (Å²) in [5, 5.41) is 1.02. The minimum absolute atomic E-state index is 0.0204. The Kier molecular flexibility index (Phi) is 4.23. The lowest BCUT2D eigenvalue weighted by Gasteiger charge is -2.05. The van der Waals surface area contributed by atoms with Crippen LogP contribution < -0.4 is 0 Å². The molecule has 0 fully saturated rings. The molecule has 0 aliphatic rings. The van der Waals surface area contributed by atoms with Gasteiger partial charge >= 0.3 is 0 Å². The molecule has 0 spiro atoms. The predicted octanol–water partition coefficient (Wildman–Crippen LogP) is 4.87. The summed E-state index contributed by atoms with van der Waals surface area (Å²) in [6, 6.07) is 9.19. The zero-order valence-corrected chi connectivity index (χ0v) is 11.7. The Labute approximate surface area is 121 Å². The van der Waals surface area contributed by atoms with Crippen molar-refractivity contribution in [1.29, 1.82) is 0 Å². The van der Waals surface area contributed by atoms with Crippen molar-refractivity contribution in [2.45, 2.75) is 13.3 Å². The van der Waals surface area contributed by atoms with Crippen LogP contribution in [0.5, 0.6) is 0 Å². The van der Waals surface area contributed by atoms with Crippen molar-refractivity contribution >= 4 is 29.0 Å². The molecule has 2 aromatic carbocycles. The van der Waals surface area contributed by atoms with Gasteiger partial charge in [0.1, 0.15) is 5.82 Å². The molecule has 0 radical (unpaired) electrons. The van der Waals surface area contributed by atoms with Crippen molar-refractivity contribution in [3.63, 3.8) is 0 Å². The zero-order chi connectivity index (χ0) is 14.0. The van der Waals surface area contributed by atoms with Gasteiger partial charge in [-0.15, -0.1) is 0 Å². The van der Waals surface area contributed by atoms with Gasteiger partial charge in [0.05, 0.1) is 0 Å². The Morgan fingerprint density at radius 1 is 1.16 bits per heavy atom. The van der Waals surface area contributed by atoms with Crippen LogP contribution in [0.2, 0.25) is 10.0 Å². The Morgan fingerprint density at radius 2 is 1.89 bits per heavy atom. The second kappa shape index (κ2) is 5.72. The van der Waals surface area contributed by atoms with E-state index in [-0.39, 0.29) is 12.2 Å². The standard InChI is InChI=1S/C15H11Cl2FO/c1-9-6-10(2-4-13(9)17)15(19)8-11-7-12(16)3-5-14(11)18/h2-7H,8H2,1H3. The molecule has 0 aliphatic heterocycles. The SMILES string of the molecule is Cc1cc(C(=O)Cc2cc(Cl)ccc2F)ccc1Cl. The number of aryl methyl sites for hydroxylation is 1. The van der Waals surface area contributed by atoms with E-state index >= 15 is 0 Å². The molecule has 0 atom stereocenters. The molecule has 0 heterocycles. The number of halogens is 3. The van der Waals surface area contributed by atoms with Gasteiger partial charge in [-0.2, -0.15) is 0 Å². The highest BCUT2D eigenvalue weighted by atomic mass is 35.5. The van der Waals surface area contributed by atoms with Crippen molar-refractivity contribution in [2.75, 3.05) is 0 Å². The fourth-order valence-corrected chi connectivity index (χ4v) is 2.08. The van der Waals surface area contributed by atoms with Gasteiger partial charge in [-0.05, 0) is 54.4 Å². The molecule has 19 heavy (non-hydrogen) atoms. The van der Waals surface area contributed by atoms with Gasteiger partial charge in [0.25, 0.3) is 0 Å². The molecule has 0 bridgehead atoms. The van der Waals surface area contributed by atoms with Gasteiger partial charge in [-0.1, -0.05) is 23.2 Å². The zero-order valence-electron chi connectivity index (χ0n) is 10.2. The van der Waals surface area contributed by atoms with Crippen LogP contribution in [0.4, 0.5) is 4.39 Å². The molecule has 2 rings (SSSR count). The minimum Gasteiger partial charge on any atom is -0.294 e. The number of hydrogen-bond acceptors (Lipinski definition) is 1. The van der Waals surface area contributed by atoms with Gasteiger partial charge in [0.2, 0.25) is 0 Å². The normalized spacial score (nSPS) is 10.5. The minimum atomic E-state index is -0.427. The molecule has 0 N–H and O–H groups in total. The van der Waals surface area contributed by atoms with Crippen LogP contribution in [-0.2, 0) is 6.42 Å². The Balaban J connectivity index is 2.25. The first-order valence-electron chi connectivity index (χ1n) is 5.70. The van der Waals surface area contributed by atoms with Crippen LogP contribution in [0.1, 0.15) is 21.5 Å². The summed E-state index contributed by atoms with van der Waals surface area (Å²) >= 11 is 11.7. The van der Waals surface area contributed by atoms with E-state index in [1.165, 1.54) is 18.2 Å². The van der Waals surface area contributed by atoms with E-state index in [1.807, 2.05) is 6.92 Å². The number of benzene rings is 2. The smallest absolute Gasteiger partial charge is 0.167 e. The highest BCUT2D eigenvalue weighted by Crippen LogP contribution is 2.20. The summed E-state index contributed by atoms with van der Waals surface area (Å²) in [6.07, 6.45) is -0.0204. The molecule has 0 aromatic heterocycles. The van der Waals surface area contributed by atoms with Gasteiger partial charge in [-0.25, -0.2) is 4.39 Å². The van der Waals surface area contributed by atoms with E-state index < -0.39 is 5.82 Å². The van der Waals surface area contributed by atoms with Crippen molar-refractivity contribution in [3.05, 3.63) is 69.0 Å². The van der Waals surface area contributed by atoms with Gasteiger partial charge in [0, 0.05) is 22.0 Å². The van der Waals surface area contributed by atoms with E-state index in [0.29, 0.717) is 21.2 Å². The van der Waals surface area contributed by atoms with E-state index in [1.54, 1.807) is 18.2 Å². The molecule has 98 valence electrons. The first kappa shape index (κ1) is 14.0. The van der Waals surface area contributed by atoms with E-state index in [0.717, 1.165) is 5.56 Å². The molecule has 1 nitrogen and oxygen atoms in total. The fourth-order valence-electron chi connectivity index (χ4n) is 1.77. The molecular weight excluding hydrogens is 286 g/mol.